The summed E-state index contributed by atoms with van der Waals surface area (Å²) in [5, 5.41) is 21.0. The second kappa shape index (κ2) is 4.80. The molecular formula is C13H10BrN5O. The maximum atomic E-state index is 11.5. The number of Topliss-reactive ketones (excluding diaryl/α,β-unsaturated/α-hetero) is 1. The van der Waals surface area contributed by atoms with Crippen molar-refractivity contribution in [2.75, 3.05) is 0 Å². The fourth-order valence-corrected chi connectivity index (χ4v) is 3.00. The number of hydrogen-bond donors (Lipinski definition) is 0. The van der Waals surface area contributed by atoms with Crippen molar-refractivity contribution in [1.82, 2.24) is 20.2 Å². The Labute approximate surface area is 123 Å². The molecule has 0 N–H and O–H groups in total. The molecule has 2 atom stereocenters. The van der Waals surface area contributed by atoms with Crippen LogP contribution in [0.1, 0.15) is 36.6 Å². The van der Waals surface area contributed by atoms with Crippen molar-refractivity contribution < 1.29 is 4.79 Å². The minimum atomic E-state index is -0.518. The third-order valence-corrected chi connectivity index (χ3v) is 3.93. The number of nitriles is 1. The highest BCUT2D eigenvalue weighted by molar-refractivity contribution is 9.10. The summed E-state index contributed by atoms with van der Waals surface area (Å²) in [6.45, 7) is 1.53. The molecule has 0 saturated heterocycles. The molecule has 0 amide bonds. The predicted molar refractivity (Wildman–Crippen MR) is 73.2 cm³/mol. The van der Waals surface area contributed by atoms with Crippen LogP contribution in [-0.4, -0.2) is 26.0 Å². The molecular weight excluding hydrogens is 322 g/mol. The summed E-state index contributed by atoms with van der Waals surface area (Å²) in [5.74, 6) is -0.199. The topological polar surface area (TPSA) is 84.5 Å². The van der Waals surface area contributed by atoms with E-state index < -0.39 is 5.92 Å². The monoisotopic (exact) mass is 331 g/mol. The van der Waals surface area contributed by atoms with Crippen molar-refractivity contribution in [3.8, 4) is 11.8 Å². The lowest BCUT2D eigenvalue weighted by Gasteiger charge is -2.28. The van der Waals surface area contributed by atoms with Crippen molar-refractivity contribution in [2.24, 2.45) is 0 Å². The van der Waals surface area contributed by atoms with Crippen molar-refractivity contribution in [2.45, 2.75) is 25.2 Å². The van der Waals surface area contributed by atoms with Gasteiger partial charge in [0.2, 0.25) is 0 Å². The van der Waals surface area contributed by atoms with Crippen molar-refractivity contribution in [3.05, 3.63) is 34.1 Å². The maximum Gasteiger partial charge on any atom is 0.174 e. The number of ketones is 1. The minimum absolute atomic E-state index is 0.0436. The number of aromatic nitrogens is 4. The summed E-state index contributed by atoms with van der Waals surface area (Å²) in [7, 11) is 0. The molecule has 7 heteroatoms. The Hall–Kier alpha value is -2.07. The fraction of sp³-hybridized carbons (Fsp3) is 0.308. The molecule has 100 valence electrons. The van der Waals surface area contributed by atoms with Gasteiger partial charge in [0, 0.05) is 16.8 Å². The summed E-state index contributed by atoms with van der Waals surface area (Å²) in [4.78, 5) is 11.5. The number of benzene rings is 1. The predicted octanol–water partition coefficient (Wildman–Crippen LogP) is 2.11. The number of nitrogens with zero attached hydrogens (tertiary/aromatic N) is 5. The number of carbonyl (C=O) groups is 1. The Bertz CT molecular complexity index is 733. The van der Waals surface area contributed by atoms with Crippen molar-refractivity contribution in [1.29, 1.82) is 5.26 Å². The fourth-order valence-electron chi connectivity index (χ4n) is 2.62. The molecule has 0 spiro atoms. The largest absolute Gasteiger partial charge is 0.300 e. The molecule has 0 saturated carbocycles. The van der Waals surface area contributed by atoms with Gasteiger partial charge in [-0.25, -0.2) is 0 Å². The van der Waals surface area contributed by atoms with Gasteiger partial charge < -0.3 is 4.79 Å². The van der Waals surface area contributed by atoms with E-state index in [-0.39, 0.29) is 11.7 Å². The van der Waals surface area contributed by atoms with Gasteiger partial charge in [-0.05, 0) is 41.1 Å². The first-order valence-electron chi connectivity index (χ1n) is 6.09. The number of carbonyl (C=O) groups excluding carboxylic acids is 1. The van der Waals surface area contributed by atoms with Crippen molar-refractivity contribution >= 4 is 21.7 Å². The molecule has 0 bridgehead atoms. The van der Waals surface area contributed by atoms with Crippen LogP contribution >= 0.6 is 15.9 Å². The van der Waals surface area contributed by atoms with E-state index in [1.165, 1.54) is 6.92 Å². The van der Waals surface area contributed by atoms with Crippen LogP contribution in [0.4, 0.5) is 0 Å². The Balaban J connectivity index is 2.24. The summed E-state index contributed by atoms with van der Waals surface area (Å²) >= 11 is 3.43. The van der Waals surface area contributed by atoms with Crippen LogP contribution in [0.25, 0.3) is 5.69 Å². The van der Waals surface area contributed by atoms with Gasteiger partial charge in [-0.15, -0.1) is 5.10 Å². The van der Waals surface area contributed by atoms with Crippen LogP contribution in [0.3, 0.4) is 0 Å². The van der Waals surface area contributed by atoms with E-state index in [9.17, 15) is 10.1 Å². The van der Waals surface area contributed by atoms with Gasteiger partial charge in [0.15, 0.2) is 5.82 Å². The van der Waals surface area contributed by atoms with Crippen molar-refractivity contribution in [3.63, 3.8) is 0 Å². The highest BCUT2D eigenvalue weighted by Crippen LogP contribution is 2.42. The van der Waals surface area contributed by atoms with Gasteiger partial charge in [-0.3, -0.25) is 0 Å². The highest BCUT2D eigenvalue weighted by atomic mass is 79.9. The van der Waals surface area contributed by atoms with Crippen LogP contribution in [0.2, 0.25) is 0 Å². The van der Waals surface area contributed by atoms with Gasteiger partial charge in [0.25, 0.3) is 0 Å². The van der Waals surface area contributed by atoms with E-state index in [0.717, 1.165) is 15.7 Å². The zero-order chi connectivity index (χ0) is 14.3. The molecule has 2 heterocycles. The maximum absolute atomic E-state index is 11.5. The highest BCUT2D eigenvalue weighted by Gasteiger charge is 2.37. The third kappa shape index (κ3) is 1.93. The van der Waals surface area contributed by atoms with E-state index >= 15 is 0 Å². The number of fused-ring (bicyclic) bond motifs is 3. The summed E-state index contributed by atoms with van der Waals surface area (Å²) in [5.41, 5.74) is 1.74. The summed E-state index contributed by atoms with van der Waals surface area (Å²) in [6.07, 6.45) is 0.300. The van der Waals surface area contributed by atoms with Gasteiger partial charge in [-0.2, -0.15) is 9.94 Å². The van der Waals surface area contributed by atoms with Crippen LogP contribution in [0, 0.1) is 11.3 Å². The molecule has 6 nitrogen and oxygen atoms in total. The van der Waals surface area contributed by atoms with Crippen LogP contribution in [0.5, 0.6) is 0 Å². The van der Waals surface area contributed by atoms with Gasteiger partial charge in [0.1, 0.15) is 11.7 Å². The number of hydrogen-bond acceptors (Lipinski definition) is 5. The molecule has 3 rings (SSSR count). The molecule has 0 aliphatic carbocycles. The smallest absolute Gasteiger partial charge is 0.174 e. The molecule has 20 heavy (non-hydrogen) atoms. The zero-order valence-corrected chi connectivity index (χ0v) is 12.2. The molecule has 0 fully saturated rings. The minimum Gasteiger partial charge on any atom is -0.300 e. The normalized spacial score (nSPS) is 19.9. The quantitative estimate of drug-likeness (QED) is 0.841. The van der Waals surface area contributed by atoms with Gasteiger partial charge in [-0.1, -0.05) is 15.9 Å². The van der Waals surface area contributed by atoms with Gasteiger partial charge >= 0.3 is 0 Å². The van der Waals surface area contributed by atoms with E-state index in [1.54, 1.807) is 4.68 Å². The first-order chi connectivity index (χ1) is 9.61. The molecule has 0 unspecified atom stereocenters. The standard InChI is InChI=1S/C13H10BrN5O/c1-7(20)4-9-10-5-8(14)2-3-12(10)19-13(11(9)6-15)16-17-18-19/h2-3,5,9,11H,4H2,1H3/t9-,11+/m1/s1. The second-order valence-corrected chi connectivity index (χ2v) is 5.69. The van der Waals surface area contributed by atoms with Crippen LogP contribution in [0.15, 0.2) is 22.7 Å². The lowest BCUT2D eigenvalue weighted by molar-refractivity contribution is -0.117. The molecule has 0 radical (unpaired) electrons. The summed E-state index contributed by atoms with van der Waals surface area (Å²) in [6, 6.07) is 7.94. The SMILES string of the molecule is CC(=O)C[C@@H]1c2cc(Br)ccc2-n2nnnc2[C@H]1C#N. The average Bonchev–Trinajstić information content (AvgIpc) is 2.87. The second-order valence-electron chi connectivity index (χ2n) is 4.77. The Kier molecular flexibility index (Phi) is 3.10. The molecule has 1 aromatic carbocycles. The number of rotatable bonds is 2. The molecule has 2 aromatic rings. The van der Waals surface area contributed by atoms with Crippen LogP contribution < -0.4 is 0 Å². The van der Waals surface area contributed by atoms with Gasteiger partial charge in [0.05, 0.1) is 11.8 Å². The Morgan fingerprint density at radius 1 is 1.55 bits per heavy atom. The van der Waals surface area contributed by atoms with E-state index in [2.05, 4.69) is 37.5 Å². The molecule has 1 aromatic heterocycles. The lowest BCUT2D eigenvalue weighted by atomic mass is 9.80. The Morgan fingerprint density at radius 2 is 2.35 bits per heavy atom. The average molecular weight is 332 g/mol. The number of tetrazole rings is 1. The number of halogens is 1. The van der Waals surface area contributed by atoms with E-state index in [1.807, 2.05) is 18.2 Å². The first-order valence-corrected chi connectivity index (χ1v) is 6.88. The summed E-state index contributed by atoms with van der Waals surface area (Å²) < 4.78 is 2.48. The Morgan fingerprint density at radius 3 is 3.05 bits per heavy atom. The molecule has 1 aliphatic rings. The molecule has 1 aliphatic heterocycles. The van der Waals surface area contributed by atoms with E-state index in [4.69, 9.17) is 0 Å². The van der Waals surface area contributed by atoms with Crippen LogP contribution in [-0.2, 0) is 4.79 Å². The van der Waals surface area contributed by atoms with E-state index in [0.29, 0.717) is 12.2 Å². The zero-order valence-electron chi connectivity index (χ0n) is 10.6. The first kappa shape index (κ1) is 12.9. The third-order valence-electron chi connectivity index (χ3n) is 3.44. The lowest BCUT2D eigenvalue weighted by Crippen LogP contribution is -2.24.